The molecule has 0 fully saturated rings. The van der Waals surface area contributed by atoms with Crippen molar-refractivity contribution in [3.63, 3.8) is 0 Å². The molecule has 1 aliphatic carbocycles. The Hall–Kier alpha value is -2.24. The number of rotatable bonds is 2. The van der Waals surface area contributed by atoms with Crippen LogP contribution in [0, 0.1) is 10.1 Å². The van der Waals surface area contributed by atoms with Crippen molar-refractivity contribution >= 4 is 5.69 Å². The van der Waals surface area contributed by atoms with Crippen LogP contribution in [-0.4, -0.2) is 19.9 Å². The van der Waals surface area contributed by atoms with Crippen molar-refractivity contribution < 1.29 is 4.92 Å². The number of aryl methyl sites for hydroxylation is 1. The van der Waals surface area contributed by atoms with Crippen molar-refractivity contribution in [1.82, 2.24) is 15.0 Å². The summed E-state index contributed by atoms with van der Waals surface area (Å²) in [6.07, 6.45) is 4.25. The quantitative estimate of drug-likeness (QED) is 0.598. The number of benzene rings is 1. The van der Waals surface area contributed by atoms with E-state index < -0.39 is 4.92 Å². The Kier molecular flexibility index (Phi) is 2.55. The van der Waals surface area contributed by atoms with E-state index in [1.165, 1.54) is 12.1 Å². The predicted octanol–water partition coefficient (Wildman–Crippen LogP) is 2.05. The normalized spacial score (nSPS) is 14.2. The highest BCUT2D eigenvalue weighted by Gasteiger charge is 2.17. The second-order valence-electron chi connectivity index (χ2n) is 4.38. The zero-order valence-electron chi connectivity index (χ0n) is 9.74. The standard InChI is InChI=1S/C12H12N4O2/c17-16(18)10-7-5-9(6-8-10)15-12-4-2-1-3-11(12)13-14-15/h5-8H,1-4H2. The first kappa shape index (κ1) is 10.9. The van der Waals surface area contributed by atoms with Crippen LogP contribution in [0.2, 0.25) is 0 Å². The number of nitro groups is 1. The molecule has 0 radical (unpaired) electrons. The van der Waals surface area contributed by atoms with Gasteiger partial charge in [-0.2, -0.15) is 0 Å². The molecule has 0 N–H and O–H groups in total. The van der Waals surface area contributed by atoms with Crippen LogP contribution in [0.5, 0.6) is 0 Å². The minimum Gasteiger partial charge on any atom is -0.258 e. The van der Waals surface area contributed by atoms with Crippen LogP contribution in [0.4, 0.5) is 5.69 Å². The lowest BCUT2D eigenvalue weighted by molar-refractivity contribution is -0.384. The number of aromatic nitrogens is 3. The second-order valence-corrected chi connectivity index (χ2v) is 4.38. The molecule has 0 bridgehead atoms. The van der Waals surface area contributed by atoms with Gasteiger partial charge < -0.3 is 0 Å². The van der Waals surface area contributed by atoms with Crippen LogP contribution in [0.1, 0.15) is 24.2 Å². The number of nitro benzene ring substituents is 1. The van der Waals surface area contributed by atoms with E-state index in [9.17, 15) is 10.1 Å². The third-order valence-corrected chi connectivity index (χ3v) is 3.23. The summed E-state index contributed by atoms with van der Waals surface area (Å²) in [5.74, 6) is 0. The summed E-state index contributed by atoms with van der Waals surface area (Å²) < 4.78 is 1.79. The van der Waals surface area contributed by atoms with E-state index >= 15 is 0 Å². The lowest BCUT2D eigenvalue weighted by Crippen LogP contribution is -2.07. The Balaban J connectivity index is 1.99. The van der Waals surface area contributed by atoms with Crippen LogP contribution in [-0.2, 0) is 12.8 Å². The van der Waals surface area contributed by atoms with Gasteiger partial charge in [0.25, 0.3) is 5.69 Å². The van der Waals surface area contributed by atoms with Gasteiger partial charge in [0.05, 0.1) is 22.0 Å². The fraction of sp³-hybridized carbons (Fsp3) is 0.333. The molecule has 18 heavy (non-hydrogen) atoms. The molecule has 6 heteroatoms. The average molecular weight is 244 g/mol. The summed E-state index contributed by atoms with van der Waals surface area (Å²) >= 11 is 0. The molecule has 0 spiro atoms. The summed E-state index contributed by atoms with van der Waals surface area (Å²) in [6.45, 7) is 0. The number of hydrogen-bond donors (Lipinski definition) is 0. The number of hydrogen-bond acceptors (Lipinski definition) is 4. The molecule has 0 aliphatic heterocycles. The largest absolute Gasteiger partial charge is 0.269 e. The van der Waals surface area contributed by atoms with E-state index in [0.29, 0.717) is 0 Å². The van der Waals surface area contributed by atoms with Crippen molar-refractivity contribution in [1.29, 1.82) is 0 Å². The fourth-order valence-corrected chi connectivity index (χ4v) is 2.29. The van der Waals surface area contributed by atoms with Gasteiger partial charge in [-0.3, -0.25) is 10.1 Å². The zero-order chi connectivity index (χ0) is 12.5. The summed E-state index contributed by atoms with van der Waals surface area (Å²) in [4.78, 5) is 10.2. The molecule has 0 saturated carbocycles. The minimum atomic E-state index is -0.402. The predicted molar refractivity (Wildman–Crippen MR) is 64.7 cm³/mol. The summed E-state index contributed by atoms with van der Waals surface area (Å²) in [6, 6.07) is 6.40. The number of fused-ring (bicyclic) bond motifs is 1. The van der Waals surface area contributed by atoms with Crippen LogP contribution in [0.15, 0.2) is 24.3 Å². The zero-order valence-corrected chi connectivity index (χ0v) is 9.74. The number of non-ortho nitro benzene ring substituents is 1. The first-order valence-electron chi connectivity index (χ1n) is 5.94. The van der Waals surface area contributed by atoms with E-state index in [1.807, 2.05) is 0 Å². The van der Waals surface area contributed by atoms with Gasteiger partial charge in [0.2, 0.25) is 0 Å². The fourth-order valence-electron chi connectivity index (χ4n) is 2.29. The van der Waals surface area contributed by atoms with E-state index in [2.05, 4.69) is 10.3 Å². The van der Waals surface area contributed by atoms with E-state index in [0.717, 1.165) is 42.8 Å². The van der Waals surface area contributed by atoms with Gasteiger partial charge in [-0.05, 0) is 37.8 Å². The topological polar surface area (TPSA) is 73.8 Å². The van der Waals surface area contributed by atoms with Gasteiger partial charge in [0, 0.05) is 12.1 Å². The van der Waals surface area contributed by atoms with Gasteiger partial charge in [0.15, 0.2) is 0 Å². The van der Waals surface area contributed by atoms with Crippen molar-refractivity contribution in [2.75, 3.05) is 0 Å². The molecule has 3 rings (SSSR count). The Bertz CT molecular complexity index is 589. The summed E-state index contributed by atoms with van der Waals surface area (Å²) in [5.41, 5.74) is 3.11. The molecule has 2 aromatic rings. The Morgan fingerprint density at radius 1 is 1.17 bits per heavy atom. The maximum atomic E-state index is 10.6. The third-order valence-electron chi connectivity index (χ3n) is 3.23. The van der Waals surface area contributed by atoms with Crippen LogP contribution < -0.4 is 0 Å². The summed E-state index contributed by atoms with van der Waals surface area (Å²) in [5, 5.41) is 18.9. The first-order valence-corrected chi connectivity index (χ1v) is 5.94. The van der Waals surface area contributed by atoms with Crippen LogP contribution in [0.3, 0.4) is 0 Å². The SMILES string of the molecule is O=[N+]([O-])c1ccc(-n2nnc3c2CCCC3)cc1. The lowest BCUT2D eigenvalue weighted by Gasteiger charge is -2.11. The van der Waals surface area contributed by atoms with Crippen molar-refractivity contribution in [3.05, 3.63) is 45.8 Å². The molecule has 1 heterocycles. The molecular weight excluding hydrogens is 232 g/mol. The molecule has 0 atom stereocenters. The van der Waals surface area contributed by atoms with Crippen molar-refractivity contribution in [2.45, 2.75) is 25.7 Å². The van der Waals surface area contributed by atoms with Gasteiger partial charge in [-0.1, -0.05) is 5.21 Å². The van der Waals surface area contributed by atoms with Crippen molar-refractivity contribution in [2.24, 2.45) is 0 Å². The molecular formula is C12H12N4O2. The van der Waals surface area contributed by atoms with E-state index in [4.69, 9.17) is 0 Å². The molecule has 1 aromatic carbocycles. The average Bonchev–Trinajstić information content (AvgIpc) is 2.82. The Morgan fingerprint density at radius 3 is 2.61 bits per heavy atom. The highest BCUT2D eigenvalue weighted by Crippen LogP contribution is 2.22. The molecule has 0 saturated heterocycles. The Morgan fingerprint density at radius 2 is 1.89 bits per heavy atom. The highest BCUT2D eigenvalue weighted by atomic mass is 16.6. The van der Waals surface area contributed by atoms with Crippen LogP contribution in [0.25, 0.3) is 5.69 Å². The Labute approximate surface area is 103 Å². The molecule has 1 aliphatic rings. The molecule has 92 valence electrons. The first-order chi connectivity index (χ1) is 8.75. The monoisotopic (exact) mass is 244 g/mol. The lowest BCUT2D eigenvalue weighted by atomic mass is 10.0. The molecule has 6 nitrogen and oxygen atoms in total. The minimum absolute atomic E-state index is 0.0905. The molecule has 1 aromatic heterocycles. The van der Waals surface area contributed by atoms with E-state index in [1.54, 1.807) is 16.8 Å². The smallest absolute Gasteiger partial charge is 0.258 e. The van der Waals surface area contributed by atoms with Gasteiger partial charge in [-0.25, -0.2) is 4.68 Å². The van der Waals surface area contributed by atoms with Gasteiger partial charge >= 0.3 is 0 Å². The maximum absolute atomic E-state index is 10.6. The van der Waals surface area contributed by atoms with Crippen molar-refractivity contribution in [3.8, 4) is 5.69 Å². The molecule has 0 amide bonds. The third kappa shape index (κ3) is 1.75. The maximum Gasteiger partial charge on any atom is 0.269 e. The highest BCUT2D eigenvalue weighted by molar-refractivity contribution is 5.41. The second kappa shape index (κ2) is 4.21. The number of nitrogens with zero attached hydrogens (tertiary/aromatic N) is 4. The summed E-state index contributed by atoms with van der Waals surface area (Å²) in [7, 11) is 0. The van der Waals surface area contributed by atoms with E-state index in [-0.39, 0.29) is 5.69 Å². The van der Waals surface area contributed by atoms with Gasteiger partial charge in [-0.15, -0.1) is 5.10 Å². The van der Waals surface area contributed by atoms with Gasteiger partial charge in [0.1, 0.15) is 0 Å². The van der Waals surface area contributed by atoms with Crippen LogP contribution >= 0.6 is 0 Å². The molecule has 0 unspecified atom stereocenters.